The average molecular weight is 152 g/mol. The van der Waals surface area contributed by atoms with Crippen LogP contribution in [-0.4, -0.2) is 5.78 Å². The lowest BCUT2D eigenvalue weighted by atomic mass is 9.74. The quantitative estimate of drug-likeness (QED) is 0.521. The van der Waals surface area contributed by atoms with Crippen molar-refractivity contribution in [1.82, 2.24) is 0 Å². The zero-order valence-corrected chi connectivity index (χ0v) is 7.18. The molecule has 0 N–H and O–H groups in total. The van der Waals surface area contributed by atoms with Gasteiger partial charge in [0.2, 0.25) is 0 Å². The lowest BCUT2D eigenvalue weighted by Gasteiger charge is -2.29. The third kappa shape index (κ3) is 1.11. The van der Waals surface area contributed by atoms with Crippen LogP contribution < -0.4 is 0 Å². The van der Waals surface area contributed by atoms with Crippen molar-refractivity contribution in [2.45, 2.75) is 39.0 Å². The van der Waals surface area contributed by atoms with E-state index in [4.69, 9.17) is 0 Å². The predicted octanol–water partition coefficient (Wildman–Crippen LogP) is 2.40. The number of ketones is 1. The minimum absolute atomic E-state index is 0.462. The highest BCUT2D eigenvalue weighted by Crippen LogP contribution is 2.42. The fourth-order valence-corrected chi connectivity index (χ4v) is 2.92. The summed E-state index contributed by atoms with van der Waals surface area (Å²) in [5, 5.41) is 0. The maximum Gasteiger partial charge on any atom is 0.136 e. The van der Waals surface area contributed by atoms with E-state index in [1.165, 1.54) is 25.7 Å². The summed E-state index contributed by atoms with van der Waals surface area (Å²) in [4.78, 5) is 11.4. The largest absolute Gasteiger partial charge is 0.299 e. The summed E-state index contributed by atoms with van der Waals surface area (Å²) in [7, 11) is 0. The monoisotopic (exact) mass is 152 g/mol. The minimum atomic E-state index is 0.462. The van der Waals surface area contributed by atoms with Crippen LogP contribution in [0.2, 0.25) is 0 Å². The third-order valence-electron chi connectivity index (χ3n) is 3.49. The Balaban J connectivity index is 2.14. The summed E-state index contributed by atoms with van der Waals surface area (Å²) < 4.78 is 0. The van der Waals surface area contributed by atoms with Crippen molar-refractivity contribution in [2.24, 2.45) is 17.8 Å². The first-order valence-electron chi connectivity index (χ1n) is 4.82. The number of carbonyl (C=O) groups is 1. The number of Topliss-reactive ketones (excluding diaryl/α,β-unsaturated/α-hetero) is 1. The van der Waals surface area contributed by atoms with Gasteiger partial charge in [-0.1, -0.05) is 19.8 Å². The van der Waals surface area contributed by atoms with Crippen LogP contribution in [0.5, 0.6) is 0 Å². The molecule has 0 amide bonds. The van der Waals surface area contributed by atoms with E-state index in [9.17, 15) is 4.79 Å². The molecule has 2 aliphatic carbocycles. The Labute approximate surface area is 68.2 Å². The first kappa shape index (κ1) is 7.33. The number of hydrogen-bond acceptors (Lipinski definition) is 1. The normalized spacial score (nSPS) is 44.1. The van der Waals surface area contributed by atoms with Crippen LogP contribution in [0.1, 0.15) is 39.0 Å². The Morgan fingerprint density at radius 3 is 2.82 bits per heavy atom. The van der Waals surface area contributed by atoms with E-state index in [-0.39, 0.29) is 0 Å². The summed E-state index contributed by atoms with van der Waals surface area (Å²) in [6.07, 6.45) is 6.02. The van der Waals surface area contributed by atoms with Crippen molar-refractivity contribution >= 4 is 5.78 Å². The van der Waals surface area contributed by atoms with E-state index < -0.39 is 0 Å². The predicted molar refractivity (Wildman–Crippen MR) is 44.2 cm³/mol. The Hall–Kier alpha value is -0.330. The van der Waals surface area contributed by atoms with Gasteiger partial charge in [-0.2, -0.15) is 0 Å². The van der Waals surface area contributed by atoms with Crippen molar-refractivity contribution in [2.75, 3.05) is 0 Å². The van der Waals surface area contributed by atoms with E-state index in [1.54, 1.807) is 0 Å². The molecular weight excluding hydrogens is 136 g/mol. The number of hydrogen-bond donors (Lipinski definition) is 0. The van der Waals surface area contributed by atoms with E-state index in [0.29, 0.717) is 17.6 Å². The van der Waals surface area contributed by atoms with Crippen molar-refractivity contribution in [3.05, 3.63) is 0 Å². The molecule has 0 unspecified atom stereocenters. The maximum atomic E-state index is 11.4. The van der Waals surface area contributed by atoms with Crippen LogP contribution in [0, 0.1) is 17.8 Å². The van der Waals surface area contributed by atoms with Gasteiger partial charge in [0.05, 0.1) is 0 Å². The second-order valence-electron chi connectivity index (χ2n) is 4.20. The second-order valence-corrected chi connectivity index (χ2v) is 4.20. The molecule has 62 valence electrons. The van der Waals surface area contributed by atoms with Crippen LogP contribution in [-0.2, 0) is 4.79 Å². The zero-order valence-electron chi connectivity index (χ0n) is 7.18. The number of rotatable bonds is 0. The minimum Gasteiger partial charge on any atom is -0.299 e. The van der Waals surface area contributed by atoms with E-state index in [2.05, 4.69) is 6.92 Å². The molecule has 1 nitrogen and oxygen atoms in total. The summed E-state index contributed by atoms with van der Waals surface area (Å²) >= 11 is 0. The van der Waals surface area contributed by atoms with Crippen molar-refractivity contribution < 1.29 is 4.79 Å². The molecule has 2 rings (SSSR count). The highest BCUT2D eigenvalue weighted by atomic mass is 16.1. The first-order valence-corrected chi connectivity index (χ1v) is 4.82. The van der Waals surface area contributed by atoms with Gasteiger partial charge < -0.3 is 0 Å². The zero-order chi connectivity index (χ0) is 7.84. The van der Waals surface area contributed by atoms with Crippen molar-refractivity contribution in [3.63, 3.8) is 0 Å². The molecule has 0 heterocycles. The molecule has 0 aliphatic heterocycles. The Kier molecular flexibility index (Phi) is 1.74. The molecule has 2 aliphatic rings. The second kappa shape index (κ2) is 2.62. The maximum absolute atomic E-state index is 11.4. The fourth-order valence-electron chi connectivity index (χ4n) is 2.92. The van der Waals surface area contributed by atoms with Crippen LogP contribution >= 0.6 is 0 Å². The smallest absolute Gasteiger partial charge is 0.136 e. The number of fused-ring (bicyclic) bond motifs is 1. The van der Waals surface area contributed by atoms with Gasteiger partial charge in [-0.3, -0.25) is 4.79 Å². The van der Waals surface area contributed by atoms with Gasteiger partial charge in [-0.15, -0.1) is 0 Å². The molecule has 0 saturated heterocycles. The van der Waals surface area contributed by atoms with Gasteiger partial charge in [-0.25, -0.2) is 0 Å². The Morgan fingerprint density at radius 2 is 2.09 bits per heavy atom. The van der Waals surface area contributed by atoms with E-state index in [1.807, 2.05) is 0 Å². The summed E-state index contributed by atoms with van der Waals surface area (Å²) in [6.45, 7) is 2.25. The van der Waals surface area contributed by atoms with Crippen molar-refractivity contribution in [1.29, 1.82) is 0 Å². The molecule has 0 bridgehead atoms. The van der Waals surface area contributed by atoms with Crippen LogP contribution in [0.25, 0.3) is 0 Å². The molecule has 0 aromatic carbocycles. The number of carbonyl (C=O) groups excluding carboxylic acids is 1. The molecule has 2 saturated carbocycles. The van der Waals surface area contributed by atoms with Crippen molar-refractivity contribution in [3.8, 4) is 0 Å². The van der Waals surface area contributed by atoms with Gasteiger partial charge >= 0.3 is 0 Å². The molecule has 0 radical (unpaired) electrons. The molecular formula is C10H16O. The third-order valence-corrected chi connectivity index (χ3v) is 3.49. The topological polar surface area (TPSA) is 17.1 Å². The first-order chi connectivity index (χ1) is 5.29. The summed E-state index contributed by atoms with van der Waals surface area (Å²) in [6, 6.07) is 0. The van der Waals surface area contributed by atoms with Gasteiger partial charge in [0, 0.05) is 12.3 Å². The van der Waals surface area contributed by atoms with Gasteiger partial charge in [0.25, 0.3) is 0 Å². The molecule has 11 heavy (non-hydrogen) atoms. The Bertz CT molecular complexity index is 174. The van der Waals surface area contributed by atoms with Gasteiger partial charge in [-0.05, 0) is 24.7 Å². The Morgan fingerprint density at radius 1 is 1.27 bits per heavy atom. The molecule has 0 aromatic heterocycles. The average Bonchev–Trinajstić information content (AvgIpc) is 2.34. The molecule has 0 aromatic rings. The highest BCUT2D eigenvalue weighted by Gasteiger charge is 2.39. The van der Waals surface area contributed by atoms with E-state index >= 15 is 0 Å². The SMILES string of the molecule is C[C@H]1CCC[C@H]2CCC(=O)[C@H]21. The molecule has 3 atom stereocenters. The molecule has 2 fully saturated rings. The standard InChI is InChI=1S/C10H16O/c1-7-3-2-4-8-5-6-9(11)10(7)8/h7-8,10H,2-6H2,1H3/t7-,8-,10-/m0/s1. The molecule has 0 spiro atoms. The lowest BCUT2D eigenvalue weighted by Crippen LogP contribution is -2.26. The lowest BCUT2D eigenvalue weighted by molar-refractivity contribution is -0.123. The molecule has 1 heteroatoms. The summed E-state index contributed by atoms with van der Waals surface area (Å²) in [5.41, 5.74) is 0. The fraction of sp³-hybridized carbons (Fsp3) is 0.900. The highest BCUT2D eigenvalue weighted by molar-refractivity contribution is 5.83. The summed E-state index contributed by atoms with van der Waals surface area (Å²) in [5.74, 6) is 2.47. The van der Waals surface area contributed by atoms with Gasteiger partial charge in [0.15, 0.2) is 0 Å². The van der Waals surface area contributed by atoms with Crippen LogP contribution in [0.15, 0.2) is 0 Å². The van der Waals surface area contributed by atoms with E-state index in [0.717, 1.165) is 12.3 Å². The van der Waals surface area contributed by atoms with Crippen LogP contribution in [0.4, 0.5) is 0 Å². The van der Waals surface area contributed by atoms with Gasteiger partial charge in [0.1, 0.15) is 5.78 Å². The van der Waals surface area contributed by atoms with Crippen LogP contribution in [0.3, 0.4) is 0 Å².